The van der Waals surface area contributed by atoms with Gasteiger partial charge in [0, 0.05) is 36.6 Å². The van der Waals surface area contributed by atoms with Crippen LogP contribution in [-0.2, 0) is 32.0 Å². The predicted octanol–water partition coefficient (Wildman–Crippen LogP) is -0.228. The third-order valence-electron chi connectivity index (χ3n) is 6.96. The minimum absolute atomic E-state index is 0.148. The van der Waals surface area contributed by atoms with E-state index in [1.807, 2.05) is 59.5 Å². The summed E-state index contributed by atoms with van der Waals surface area (Å²) in [6.07, 6.45) is 2.12. The quantitative estimate of drug-likeness (QED) is 0.171. The minimum atomic E-state index is -1.81. The zero-order valence-electron chi connectivity index (χ0n) is 22.5. The van der Waals surface area contributed by atoms with Gasteiger partial charge in [-0.3, -0.25) is 19.3 Å². The zero-order chi connectivity index (χ0) is 28.5. The summed E-state index contributed by atoms with van der Waals surface area (Å²) in [5.41, 5.74) is 2.51. The summed E-state index contributed by atoms with van der Waals surface area (Å²) in [7, 11) is -1.81. The van der Waals surface area contributed by atoms with Crippen molar-refractivity contribution in [3.05, 3.63) is 71.9 Å². The standard InChI is InChI=1S/C28H36BN5O6/c1-19(31-26(35)18-34-11-13-40-14-12-34)27(36)32-24(16-21-17-30-23-10-6-5-9-22(21)23)28(37)33-25(29(38)39)15-20-7-3-2-4-8-20/h2-10,17,19,24-25,30,38-39H,11-16,18H2,1H3,(H,31,35)(H,32,36)(H,33,37)/t19-,24+,25+/m1/s1. The van der Waals surface area contributed by atoms with Crippen molar-refractivity contribution in [2.75, 3.05) is 32.8 Å². The highest BCUT2D eigenvalue weighted by Gasteiger charge is 2.31. The number of hydrogen-bond acceptors (Lipinski definition) is 7. The molecule has 0 aliphatic carbocycles. The van der Waals surface area contributed by atoms with Gasteiger partial charge in [0.2, 0.25) is 17.7 Å². The van der Waals surface area contributed by atoms with E-state index in [1.165, 1.54) is 0 Å². The van der Waals surface area contributed by atoms with Crippen molar-refractivity contribution in [2.45, 2.75) is 37.8 Å². The number of para-hydroxylation sites is 1. The molecule has 2 aromatic carbocycles. The molecule has 2 heterocycles. The Morgan fingerprint density at radius 1 is 0.950 bits per heavy atom. The van der Waals surface area contributed by atoms with Crippen molar-refractivity contribution in [2.24, 2.45) is 0 Å². The molecule has 0 spiro atoms. The molecule has 40 heavy (non-hydrogen) atoms. The third kappa shape index (κ3) is 8.15. The number of amides is 3. The highest BCUT2D eigenvalue weighted by atomic mass is 16.5. The SMILES string of the molecule is C[C@@H](NC(=O)CN1CCOCC1)C(=O)N[C@@H](Cc1c[nH]c2ccccc12)C(=O)N[C@@H](Cc1ccccc1)B(O)O. The third-order valence-corrected chi connectivity index (χ3v) is 6.96. The Hall–Kier alpha value is -3.71. The lowest BCUT2D eigenvalue weighted by molar-refractivity contribution is -0.132. The number of aromatic nitrogens is 1. The Morgan fingerprint density at radius 3 is 2.38 bits per heavy atom. The Morgan fingerprint density at radius 2 is 1.65 bits per heavy atom. The fraction of sp³-hybridized carbons (Fsp3) is 0.393. The van der Waals surface area contributed by atoms with Gasteiger partial charge in [0.05, 0.1) is 25.7 Å². The molecule has 12 heteroatoms. The molecule has 1 aromatic heterocycles. The average Bonchev–Trinajstić information content (AvgIpc) is 3.36. The number of H-pyrrole nitrogens is 1. The summed E-state index contributed by atoms with van der Waals surface area (Å²) in [4.78, 5) is 44.3. The van der Waals surface area contributed by atoms with Crippen LogP contribution in [0.2, 0.25) is 0 Å². The summed E-state index contributed by atoms with van der Waals surface area (Å²) in [6.45, 7) is 4.10. The van der Waals surface area contributed by atoms with Gasteiger partial charge in [0.1, 0.15) is 12.1 Å². The molecule has 212 valence electrons. The summed E-state index contributed by atoms with van der Waals surface area (Å²) < 4.78 is 5.30. The number of benzene rings is 2. The molecule has 1 aliphatic rings. The maximum atomic E-state index is 13.5. The van der Waals surface area contributed by atoms with Crippen LogP contribution in [0.3, 0.4) is 0 Å². The highest BCUT2D eigenvalue weighted by Crippen LogP contribution is 2.19. The molecule has 0 saturated carbocycles. The second kappa shape index (κ2) is 14.1. The van der Waals surface area contributed by atoms with Gasteiger partial charge in [-0.15, -0.1) is 0 Å². The van der Waals surface area contributed by atoms with E-state index in [1.54, 1.807) is 13.1 Å². The van der Waals surface area contributed by atoms with Crippen molar-refractivity contribution in [3.8, 4) is 0 Å². The van der Waals surface area contributed by atoms with E-state index < -0.39 is 37.0 Å². The van der Waals surface area contributed by atoms with Gasteiger partial charge < -0.3 is 35.7 Å². The van der Waals surface area contributed by atoms with Gasteiger partial charge in [0.15, 0.2) is 0 Å². The van der Waals surface area contributed by atoms with Crippen molar-refractivity contribution in [1.29, 1.82) is 0 Å². The lowest BCUT2D eigenvalue weighted by Crippen LogP contribution is -2.58. The molecular formula is C28H36BN5O6. The van der Waals surface area contributed by atoms with E-state index in [4.69, 9.17) is 4.74 Å². The van der Waals surface area contributed by atoms with Crippen molar-refractivity contribution in [3.63, 3.8) is 0 Å². The maximum absolute atomic E-state index is 13.5. The van der Waals surface area contributed by atoms with Gasteiger partial charge >= 0.3 is 7.12 Å². The van der Waals surface area contributed by atoms with E-state index in [0.29, 0.717) is 26.3 Å². The molecule has 0 unspecified atom stereocenters. The Labute approximate surface area is 233 Å². The summed E-state index contributed by atoms with van der Waals surface area (Å²) in [5, 5.41) is 29.1. The Balaban J connectivity index is 1.46. The molecule has 0 bridgehead atoms. The molecule has 1 aliphatic heterocycles. The molecule has 1 fully saturated rings. The number of ether oxygens (including phenoxy) is 1. The van der Waals surface area contributed by atoms with Crippen LogP contribution in [0.15, 0.2) is 60.8 Å². The summed E-state index contributed by atoms with van der Waals surface area (Å²) in [6, 6.07) is 14.8. The van der Waals surface area contributed by atoms with Gasteiger partial charge in [-0.2, -0.15) is 0 Å². The molecule has 4 rings (SSSR count). The van der Waals surface area contributed by atoms with Crippen LogP contribution in [0.25, 0.3) is 10.9 Å². The van der Waals surface area contributed by atoms with Gasteiger partial charge in [-0.25, -0.2) is 0 Å². The number of aromatic amines is 1. The monoisotopic (exact) mass is 549 g/mol. The van der Waals surface area contributed by atoms with E-state index in [9.17, 15) is 24.4 Å². The van der Waals surface area contributed by atoms with Crippen LogP contribution in [0.5, 0.6) is 0 Å². The fourth-order valence-corrected chi connectivity index (χ4v) is 4.72. The van der Waals surface area contributed by atoms with Crippen LogP contribution in [-0.4, -0.2) is 95.6 Å². The van der Waals surface area contributed by atoms with E-state index in [2.05, 4.69) is 20.9 Å². The van der Waals surface area contributed by atoms with Crippen molar-refractivity contribution < 1.29 is 29.2 Å². The van der Waals surface area contributed by atoms with Crippen LogP contribution < -0.4 is 16.0 Å². The molecule has 3 atom stereocenters. The Kier molecular flexibility index (Phi) is 10.3. The van der Waals surface area contributed by atoms with Crippen LogP contribution in [0.1, 0.15) is 18.1 Å². The van der Waals surface area contributed by atoms with Crippen LogP contribution in [0.4, 0.5) is 0 Å². The van der Waals surface area contributed by atoms with Gasteiger partial charge in [0.25, 0.3) is 0 Å². The number of morpholine rings is 1. The first-order valence-electron chi connectivity index (χ1n) is 13.5. The predicted molar refractivity (Wildman–Crippen MR) is 151 cm³/mol. The largest absolute Gasteiger partial charge is 0.475 e. The molecular weight excluding hydrogens is 513 g/mol. The van der Waals surface area contributed by atoms with Gasteiger partial charge in [-0.1, -0.05) is 48.5 Å². The number of rotatable bonds is 12. The first-order chi connectivity index (χ1) is 19.3. The van der Waals surface area contributed by atoms with E-state index in [0.717, 1.165) is 22.0 Å². The smallest absolute Gasteiger partial charge is 0.426 e. The van der Waals surface area contributed by atoms with Gasteiger partial charge in [-0.05, 0) is 30.5 Å². The molecule has 3 amide bonds. The maximum Gasteiger partial charge on any atom is 0.475 e. The van der Waals surface area contributed by atoms with Crippen molar-refractivity contribution in [1.82, 2.24) is 25.8 Å². The lowest BCUT2D eigenvalue weighted by Gasteiger charge is -2.27. The minimum Gasteiger partial charge on any atom is -0.426 e. The first kappa shape index (κ1) is 29.3. The number of carbonyl (C=O) groups excluding carboxylic acids is 3. The second-order valence-electron chi connectivity index (χ2n) is 10.0. The average molecular weight is 549 g/mol. The normalized spacial score (nSPS) is 16.1. The molecule has 0 radical (unpaired) electrons. The number of fused-ring (bicyclic) bond motifs is 1. The first-order valence-corrected chi connectivity index (χ1v) is 13.5. The van der Waals surface area contributed by atoms with Crippen LogP contribution in [0, 0.1) is 0 Å². The number of hydrogen-bond donors (Lipinski definition) is 6. The number of nitrogens with zero attached hydrogens (tertiary/aromatic N) is 1. The fourth-order valence-electron chi connectivity index (χ4n) is 4.72. The molecule has 11 nitrogen and oxygen atoms in total. The summed E-state index contributed by atoms with van der Waals surface area (Å²) in [5.74, 6) is -2.39. The lowest BCUT2D eigenvalue weighted by atomic mass is 9.75. The second-order valence-corrected chi connectivity index (χ2v) is 10.0. The Bertz CT molecular complexity index is 1280. The number of nitrogens with one attached hydrogen (secondary N) is 4. The molecule has 3 aromatic rings. The highest BCUT2D eigenvalue weighted by molar-refractivity contribution is 6.43. The van der Waals surface area contributed by atoms with E-state index >= 15 is 0 Å². The van der Waals surface area contributed by atoms with Crippen molar-refractivity contribution >= 4 is 35.7 Å². The number of carbonyl (C=O) groups is 3. The van der Waals surface area contributed by atoms with E-state index in [-0.39, 0.29) is 25.3 Å². The summed E-state index contributed by atoms with van der Waals surface area (Å²) >= 11 is 0. The topological polar surface area (TPSA) is 156 Å². The molecule has 1 saturated heterocycles. The zero-order valence-corrected chi connectivity index (χ0v) is 22.5. The van der Waals surface area contributed by atoms with Crippen LogP contribution >= 0.6 is 0 Å². The molecule has 6 N–H and O–H groups in total.